The highest BCUT2D eigenvalue weighted by Gasteiger charge is 2.29. The third kappa shape index (κ3) is 4.75. The lowest BCUT2D eigenvalue weighted by molar-refractivity contribution is -0.384. The molecule has 2 aliphatic heterocycles. The number of hydrogen-bond acceptors (Lipinski definition) is 8. The van der Waals surface area contributed by atoms with Crippen molar-refractivity contribution in [3.05, 3.63) is 52.6 Å². The van der Waals surface area contributed by atoms with Crippen LogP contribution in [-0.2, 0) is 4.74 Å². The Morgan fingerprint density at radius 2 is 1.61 bits per heavy atom. The summed E-state index contributed by atoms with van der Waals surface area (Å²) in [6.07, 6.45) is 3.06. The molecule has 2 fully saturated rings. The highest BCUT2D eigenvalue weighted by Crippen LogP contribution is 2.37. The van der Waals surface area contributed by atoms with Gasteiger partial charge in [-0.05, 0) is 37.8 Å². The van der Waals surface area contributed by atoms with Gasteiger partial charge < -0.3 is 19.4 Å². The van der Waals surface area contributed by atoms with E-state index in [9.17, 15) is 14.9 Å². The molecule has 2 aliphatic rings. The summed E-state index contributed by atoms with van der Waals surface area (Å²) in [7, 11) is 0. The lowest BCUT2D eigenvalue weighted by Gasteiger charge is -2.34. The first-order chi connectivity index (χ1) is 17.5. The Kier molecular flexibility index (Phi) is 6.84. The quantitative estimate of drug-likeness (QED) is 0.381. The van der Waals surface area contributed by atoms with Crippen LogP contribution in [0.3, 0.4) is 0 Å². The van der Waals surface area contributed by atoms with E-state index in [4.69, 9.17) is 14.7 Å². The lowest BCUT2D eigenvalue weighted by Crippen LogP contribution is -2.49. The summed E-state index contributed by atoms with van der Waals surface area (Å²) < 4.78 is 5.09. The predicted molar refractivity (Wildman–Crippen MR) is 139 cm³/mol. The topological polar surface area (TPSA) is 105 Å². The van der Waals surface area contributed by atoms with Gasteiger partial charge in [-0.2, -0.15) is 0 Å². The number of pyridine rings is 2. The fourth-order valence-electron chi connectivity index (χ4n) is 4.93. The van der Waals surface area contributed by atoms with Gasteiger partial charge in [-0.25, -0.2) is 14.8 Å². The third-order valence-corrected chi connectivity index (χ3v) is 6.79. The first-order valence-corrected chi connectivity index (χ1v) is 12.5. The Morgan fingerprint density at radius 1 is 0.944 bits per heavy atom. The number of nitro groups is 1. The fourth-order valence-corrected chi connectivity index (χ4v) is 4.93. The van der Waals surface area contributed by atoms with Crippen molar-refractivity contribution in [3.63, 3.8) is 0 Å². The zero-order valence-corrected chi connectivity index (χ0v) is 20.4. The molecule has 0 atom stereocenters. The molecule has 5 rings (SSSR count). The molecule has 1 aromatic carbocycles. The Balaban J connectivity index is 1.55. The van der Waals surface area contributed by atoms with E-state index in [0.717, 1.165) is 42.9 Å². The van der Waals surface area contributed by atoms with Crippen molar-refractivity contribution in [3.8, 4) is 11.1 Å². The average Bonchev–Trinajstić information content (AvgIpc) is 2.92. The van der Waals surface area contributed by atoms with E-state index in [0.29, 0.717) is 49.6 Å². The van der Waals surface area contributed by atoms with Crippen LogP contribution in [0.5, 0.6) is 0 Å². The van der Waals surface area contributed by atoms with Gasteiger partial charge in [0, 0.05) is 56.3 Å². The van der Waals surface area contributed by atoms with Crippen LogP contribution in [0.4, 0.5) is 22.1 Å². The normalized spacial score (nSPS) is 16.3. The monoisotopic (exact) mass is 490 g/mol. The van der Waals surface area contributed by atoms with Crippen molar-refractivity contribution in [2.45, 2.75) is 26.2 Å². The molecule has 0 spiro atoms. The standard InChI is InChI=1S/C26H30N6O4/c1-2-36-26(33)31-15-13-30(14-16-31)25-22(32(34)35)18-20-17-21(19-9-5-3-6-10-19)24(27-23(20)28-25)29-11-7-4-8-12-29/h3,5-6,9-10,17-18H,2,4,7-8,11-16H2,1H3. The number of fused-ring (bicyclic) bond motifs is 1. The van der Waals surface area contributed by atoms with Crippen LogP contribution in [0.25, 0.3) is 22.2 Å². The van der Waals surface area contributed by atoms with Gasteiger partial charge in [0.15, 0.2) is 5.65 Å². The second kappa shape index (κ2) is 10.3. The van der Waals surface area contributed by atoms with Gasteiger partial charge in [0.2, 0.25) is 5.82 Å². The second-order valence-electron chi connectivity index (χ2n) is 9.08. The smallest absolute Gasteiger partial charge is 0.409 e. The number of ether oxygens (including phenoxy) is 1. The third-order valence-electron chi connectivity index (χ3n) is 6.79. The molecule has 10 nitrogen and oxygen atoms in total. The maximum atomic E-state index is 12.1. The number of rotatable bonds is 5. The number of carbonyl (C=O) groups excluding carboxylic acids is 1. The Labute approximate surface area is 209 Å². The number of piperazine rings is 1. The van der Waals surface area contributed by atoms with Crippen LogP contribution in [0.1, 0.15) is 26.2 Å². The van der Waals surface area contributed by atoms with E-state index in [1.165, 1.54) is 6.42 Å². The highest BCUT2D eigenvalue weighted by molar-refractivity contribution is 5.91. The van der Waals surface area contributed by atoms with Crippen LogP contribution in [0.15, 0.2) is 42.5 Å². The molecule has 2 aromatic heterocycles. The van der Waals surface area contributed by atoms with E-state index < -0.39 is 0 Å². The number of carbonyl (C=O) groups is 1. The van der Waals surface area contributed by atoms with Gasteiger partial charge in [-0.3, -0.25) is 10.1 Å². The molecule has 0 N–H and O–H groups in total. The first-order valence-electron chi connectivity index (χ1n) is 12.5. The maximum absolute atomic E-state index is 12.1. The van der Waals surface area contributed by atoms with Crippen molar-refractivity contribution in [1.82, 2.24) is 14.9 Å². The number of anilines is 2. The number of aromatic nitrogens is 2. The first kappa shape index (κ1) is 23.8. The van der Waals surface area contributed by atoms with Crippen molar-refractivity contribution < 1.29 is 14.5 Å². The van der Waals surface area contributed by atoms with E-state index in [-0.39, 0.29) is 16.7 Å². The lowest BCUT2D eigenvalue weighted by atomic mass is 10.0. The van der Waals surface area contributed by atoms with E-state index >= 15 is 0 Å². The van der Waals surface area contributed by atoms with Crippen LogP contribution in [0.2, 0.25) is 0 Å². The molecular formula is C26H30N6O4. The van der Waals surface area contributed by atoms with Crippen molar-refractivity contribution in [2.75, 3.05) is 55.7 Å². The van der Waals surface area contributed by atoms with Crippen LogP contribution < -0.4 is 9.80 Å². The minimum absolute atomic E-state index is 0.0568. The van der Waals surface area contributed by atoms with Gasteiger partial charge >= 0.3 is 11.8 Å². The zero-order valence-electron chi connectivity index (χ0n) is 20.4. The molecule has 4 heterocycles. The molecule has 2 saturated heterocycles. The summed E-state index contributed by atoms with van der Waals surface area (Å²) in [4.78, 5) is 39.2. The average molecular weight is 491 g/mol. The van der Waals surface area contributed by atoms with E-state index in [2.05, 4.69) is 4.90 Å². The summed E-state index contributed by atoms with van der Waals surface area (Å²) in [6, 6.07) is 13.6. The molecule has 0 bridgehead atoms. The summed E-state index contributed by atoms with van der Waals surface area (Å²) in [6.45, 7) is 5.61. The molecule has 0 saturated carbocycles. The fraction of sp³-hybridized carbons (Fsp3) is 0.423. The number of piperidine rings is 1. The molecule has 0 radical (unpaired) electrons. The van der Waals surface area contributed by atoms with Crippen molar-refractivity contribution >= 4 is 34.4 Å². The number of nitrogens with zero attached hydrogens (tertiary/aromatic N) is 6. The molecule has 1 amide bonds. The minimum atomic E-state index is -0.389. The summed E-state index contributed by atoms with van der Waals surface area (Å²) in [5.74, 6) is 1.16. The summed E-state index contributed by atoms with van der Waals surface area (Å²) >= 11 is 0. The Hall–Kier alpha value is -3.95. The van der Waals surface area contributed by atoms with Gasteiger partial charge in [0.05, 0.1) is 11.5 Å². The highest BCUT2D eigenvalue weighted by atomic mass is 16.6. The van der Waals surface area contributed by atoms with Crippen molar-refractivity contribution in [2.24, 2.45) is 0 Å². The molecular weight excluding hydrogens is 460 g/mol. The Bertz CT molecular complexity index is 1250. The van der Waals surface area contributed by atoms with Gasteiger partial charge in [-0.15, -0.1) is 0 Å². The molecule has 0 unspecified atom stereocenters. The van der Waals surface area contributed by atoms with Gasteiger partial charge in [0.25, 0.3) is 0 Å². The van der Waals surface area contributed by atoms with E-state index in [1.54, 1.807) is 17.9 Å². The number of hydrogen-bond donors (Lipinski definition) is 0. The van der Waals surface area contributed by atoms with Crippen molar-refractivity contribution in [1.29, 1.82) is 0 Å². The molecule has 3 aromatic rings. The SMILES string of the molecule is CCOC(=O)N1CCN(c2nc3nc(N4CCCCC4)c(-c4ccccc4)cc3cc2[N+](=O)[O-])CC1. The minimum Gasteiger partial charge on any atom is -0.450 e. The van der Waals surface area contributed by atoms with Crippen LogP contribution in [-0.4, -0.2) is 71.8 Å². The van der Waals surface area contributed by atoms with Crippen LogP contribution in [0, 0.1) is 10.1 Å². The van der Waals surface area contributed by atoms with Crippen LogP contribution >= 0.6 is 0 Å². The molecule has 188 valence electrons. The number of benzene rings is 1. The zero-order chi connectivity index (χ0) is 25.1. The predicted octanol–water partition coefficient (Wildman–Crippen LogP) is 4.47. The molecule has 36 heavy (non-hydrogen) atoms. The summed E-state index contributed by atoms with van der Waals surface area (Å²) in [5.41, 5.74) is 2.41. The molecule has 10 heteroatoms. The largest absolute Gasteiger partial charge is 0.450 e. The Morgan fingerprint density at radius 3 is 2.28 bits per heavy atom. The maximum Gasteiger partial charge on any atom is 0.409 e. The number of amides is 1. The van der Waals surface area contributed by atoms with Gasteiger partial charge in [0.1, 0.15) is 5.82 Å². The second-order valence-corrected chi connectivity index (χ2v) is 9.08. The molecule has 0 aliphatic carbocycles. The van der Waals surface area contributed by atoms with Gasteiger partial charge in [-0.1, -0.05) is 30.3 Å². The summed E-state index contributed by atoms with van der Waals surface area (Å²) in [5, 5.41) is 12.7. The van der Waals surface area contributed by atoms with E-state index in [1.807, 2.05) is 41.3 Å².